The quantitative estimate of drug-likeness (QED) is 0.769. The minimum absolute atomic E-state index is 0.688. The summed E-state index contributed by atoms with van der Waals surface area (Å²) in [5, 5.41) is 4.42. The van der Waals surface area contributed by atoms with Crippen molar-refractivity contribution in [3.05, 3.63) is 33.8 Å². The van der Waals surface area contributed by atoms with E-state index in [0.717, 1.165) is 18.1 Å². The van der Waals surface area contributed by atoms with Crippen molar-refractivity contribution >= 4 is 11.6 Å². The van der Waals surface area contributed by atoms with Crippen LogP contribution in [0.4, 0.5) is 0 Å². The standard InChI is InChI=1S/C13H16ClN/c14-13-7-11(10-4-5-15-8-10)6-9-2-1-3-12(9)13/h6-7,10,15H,1-5,8H2. The first kappa shape index (κ1) is 9.68. The third kappa shape index (κ3) is 1.68. The van der Waals surface area contributed by atoms with Crippen LogP contribution >= 0.6 is 11.6 Å². The average molecular weight is 222 g/mol. The van der Waals surface area contributed by atoms with E-state index in [0.29, 0.717) is 5.92 Å². The minimum Gasteiger partial charge on any atom is -0.316 e. The minimum atomic E-state index is 0.688. The van der Waals surface area contributed by atoms with Gasteiger partial charge in [-0.3, -0.25) is 0 Å². The van der Waals surface area contributed by atoms with Crippen LogP contribution in [0.5, 0.6) is 0 Å². The van der Waals surface area contributed by atoms with Gasteiger partial charge >= 0.3 is 0 Å². The van der Waals surface area contributed by atoms with Gasteiger partial charge in [0.1, 0.15) is 0 Å². The number of hydrogen-bond donors (Lipinski definition) is 1. The van der Waals surface area contributed by atoms with E-state index in [-0.39, 0.29) is 0 Å². The number of benzene rings is 1. The fourth-order valence-corrected chi connectivity index (χ4v) is 3.19. The second-order valence-electron chi connectivity index (χ2n) is 4.68. The molecule has 1 unspecified atom stereocenters. The first-order valence-electron chi connectivity index (χ1n) is 5.86. The molecule has 1 aromatic rings. The van der Waals surface area contributed by atoms with Crippen LogP contribution in [-0.4, -0.2) is 13.1 Å². The van der Waals surface area contributed by atoms with Gasteiger partial charge in [-0.15, -0.1) is 0 Å². The number of aryl methyl sites for hydroxylation is 1. The lowest BCUT2D eigenvalue weighted by molar-refractivity contribution is 0.762. The Balaban J connectivity index is 1.99. The molecule has 0 bridgehead atoms. The topological polar surface area (TPSA) is 12.0 Å². The molecule has 0 saturated carbocycles. The Bertz CT molecular complexity index is 380. The summed E-state index contributed by atoms with van der Waals surface area (Å²) in [5.74, 6) is 0.688. The second-order valence-corrected chi connectivity index (χ2v) is 5.09. The maximum absolute atomic E-state index is 6.33. The highest BCUT2D eigenvalue weighted by Gasteiger charge is 2.21. The summed E-state index contributed by atoms with van der Waals surface area (Å²) in [7, 11) is 0. The molecule has 0 spiro atoms. The van der Waals surface area contributed by atoms with Gasteiger partial charge in [0.15, 0.2) is 0 Å². The molecule has 0 amide bonds. The van der Waals surface area contributed by atoms with Crippen molar-refractivity contribution in [1.29, 1.82) is 0 Å². The second kappa shape index (κ2) is 3.80. The smallest absolute Gasteiger partial charge is 0.0443 e. The molecule has 1 fully saturated rings. The Labute approximate surface area is 95.8 Å². The molecular formula is C13H16ClN. The van der Waals surface area contributed by atoms with E-state index in [9.17, 15) is 0 Å². The fourth-order valence-electron chi connectivity index (χ4n) is 2.85. The third-order valence-electron chi connectivity index (χ3n) is 3.71. The maximum Gasteiger partial charge on any atom is 0.0443 e. The van der Waals surface area contributed by atoms with Crippen LogP contribution in [0, 0.1) is 0 Å². The van der Waals surface area contributed by atoms with Crippen molar-refractivity contribution in [3.8, 4) is 0 Å². The van der Waals surface area contributed by atoms with Crippen molar-refractivity contribution in [2.24, 2.45) is 0 Å². The van der Waals surface area contributed by atoms with Crippen LogP contribution in [0.2, 0.25) is 5.02 Å². The lowest BCUT2D eigenvalue weighted by Crippen LogP contribution is -2.08. The van der Waals surface area contributed by atoms with Crippen molar-refractivity contribution in [1.82, 2.24) is 5.32 Å². The van der Waals surface area contributed by atoms with Gasteiger partial charge in [0.25, 0.3) is 0 Å². The lowest BCUT2D eigenvalue weighted by Gasteiger charge is -2.12. The van der Waals surface area contributed by atoms with Gasteiger partial charge in [0.2, 0.25) is 0 Å². The molecule has 1 aromatic carbocycles. The van der Waals surface area contributed by atoms with E-state index in [1.807, 2.05) is 0 Å². The Kier molecular flexibility index (Phi) is 2.45. The Morgan fingerprint density at radius 1 is 1.27 bits per heavy atom. The van der Waals surface area contributed by atoms with Gasteiger partial charge in [-0.25, -0.2) is 0 Å². The monoisotopic (exact) mass is 221 g/mol. The SMILES string of the molecule is Clc1cc(C2CCNC2)cc2c1CCC2. The van der Waals surface area contributed by atoms with Crippen molar-refractivity contribution in [2.45, 2.75) is 31.6 Å². The van der Waals surface area contributed by atoms with Crippen molar-refractivity contribution in [2.75, 3.05) is 13.1 Å². The molecule has 1 heterocycles. The van der Waals surface area contributed by atoms with Gasteiger partial charge in [-0.05, 0) is 60.9 Å². The fraction of sp³-hybridized carbons (Fsp3) is 0.538. The zero-order chi connectivity index (χ0) is 10.3. The number of nitrogens with one attached hydrogen (secondary N) is 1. The molecule has 2 heteroatoms. The van der Waals surface area contributed by atoms with Crippen LogP contribution in [0.1, 0.15) is 35.4 Å². The average Bonchev–Trinajstić information content (AvgIpc) is 2.88. The molecule has 15 heavy (non-hydrogen) atoms. The highest BCUT2D eigenvalue weighted by molar-refractivity contribution is 6.31. The van der Waals surface area contributed by atoms with E-state index in [1.54, 1.807) is 0 Å². The summed E-state index contributed by atoms with van der Waals surface area (Å²) >= 11 is 6.33. The number of hydrogen-bond acceptors (Lipinski definition) is 1. The largest absolute Gasteiger partial charge is 0.316 e. The van der Waals surface area contributed by atoms with E-state index in [2.05, 4.69) is 17.4 Å². The molecule has 1 nitrogen and oxygen atoms in total. The molecule has 1 saturated heterocycles. The zero-order valence-corrected chi connectivity index (χ0v) is 9.61. The number of halogens is 1. The molecule has 1 aliphatic carbocycles. The van der Waals surface area contributed by atoms with Crippen LogP contribution in [0.3, 0.4) is 0 Å². The summed E-state index contributed by atoms with van der Waals surface area (Å²) in [6, 6.07) is 4.59. The van der Waals surface area contributed by atoms with Gasteiger partial charge in [0.05, 0.1) is 0 Å². The van der Waals surface area contributed by atoms with Gasteiger partial charge in [0, 0.05) is 11.6 Å². The van der Waals surface area contributed by atoms with Crippen LogP contribution < -0.4 is 5.32 Å². The molecule has 0 aromatic heterocycles. The molecule has 3 rings (SSSR count). The molecular weight excluding hydrogens is 206 g/mol. The van der Waals surface area contributed by atoms with Gasteiger partial charge < -0.3 is 5.32 Å². The molecule has 1 aliphatic heterocycles. The Morgan fingerprint density at radius 3 is 3.00 bits per heavy atom. The van der Waals surface area contributed by atoms with E-state index in [1.165, 1.54) is 42.4 Å². The summed E-state index contributed by atoms with van der Waals surface area (Å²) in [4.78, 5) is 0. The molecule has 0 radical (unpaired) electrons. The molecule has 2 aliphatic rings. The van der Waals surface area contributed by atoms with E-state index >= 15 is 0 Å². The number of fused-ring (bicyclic) bond motifs is 1. The Hall–Kier alpha value is -0.530. The highest BCUT2D eigenvalue weighted by atomic mass is 35.5. The first-order valence-corrected chi connectivity index (χ1v) is 6.24. The van der Waals surface area contributed by atoms with Gasteiger partial charge in [-0.2, -0.15) is 0 Å². The lowest BCUT2D eigenvalue weighted by atomic mass is 9.95. The van der Waals surface area contributed by atoms with E-state index < -0.39 is 0 Å². The predicted molar refractivity (Wildman–Crippen MR) is 63.7 cm³/mol. The summed E-state index contributed by atoms with van der Waals surface area (Å²) < 4.78 is 0. The number of rotatable bonds is 1. The molecule has 1 atom stereocenters. The normalized spacial score (nSPS) is 24.5. The Morgan fingerprint density at radius 2 is 2.20 bits per heavy atom. The molecule has 80 valence electrons. The maximum atomic E-state index is 6.33. The predicted octanol–water partition coefficient (Wildman–Crippen LogP) is 2.91. The molecule has 1 N–H and O–H groups in total. The summed E-state index contributed by atoms with van der Waals surface area (Å²) in [5.41, 5.74) is 4.36. The van der Waals surface area contributed by atoms with E-state index in [4.69, 9.17) is 11.6 Å². The van der Waals surface area contributed by atoms with Crippen molar-refractivity contribution in [3.63, 3.8) is 0 Å². The summed E-state index contributed by atoms with van der Waals surface area (Å²) in [6.45, 7) is 2.27. The summed E-state index contributed by atoms with van der Waals surface area (Å²) in [6.07, 6.45) is 4.94. The third-order valence-corrected chi connectivity index (χ3v) is 4.05. The van der Waals surface area contributed by atoms with Crippen LogP contribution in [0.25, 0.3) is 0 Å². The van der Waals surface area contributed by atoms with Crippen LogP contribution in [0.15, 0.2) is 12.1 Å². The first-order chi connectivity index (χ1) is 7.34. The zero-order valence-electron chi connectivity index (χ0n) is 8.85. The highest BCUT2D eigenvalue weighted by Crippen LogP contribution is 2.34. The van der Waals surface area contributed by atoms with Crippen LogP contribution in [-0.2, 0) is 12.8 Å². The van der Waals surface area contributed by atoms with Crippen molar-refractivity contribution < 1.29 is 0 Å². The van der Waals surface area contributed by atoms with Gasteiger partial charge in [-0.1, -0.05) is 17.7 Å².